The second-order valence-electron chi connectivity index (χ2n) is 2.56. The lowest BCUT2D eigenvalue weighted by atomic mass is 10.2. The molecule has 2 rings (SSSR count). The first kappa shape index (κ1) is 8.81. The lowest BCUT2D eigenvalue weighted by Crippen LogP contribution is -1.93. The highest BCUT2D eigenvalue weighted by Crippen LogP contribution is 2.30. The van der Waals surface area contributed by atoms with Crippen LogP contribution < -0.4 is 0 Å². The third-order valence-corrected chi connectivity index (χ3v) is 2.96. The van der Waals surface area contributed by atoms with Gasteiger partial charge in [-0.1, -0.05) is 11.6 Å². The molecule has 0 fully saturated rings. The molecule has 13 heavy (non-hydrogen) atoms. The van der Waals surface area contributed by atoms with Gasteiger partial charge in [0.05, 0.1) is 10.6 Å². The normalized spacial score (nSPS) is 13.1. The van der Waals surface area contributed by atoms with Crippen LogP contribution in [-0.2, 0) is 0 Å². The highest BCUT2D eigenvalue weighted by Gasteiger charge is 2.14. The van der Waals surface area contributed by atoms with Crippen LogP contribution >= 0.6 is 22.9 Å². The standard InChI is InChI=1S/C9H7ClO2S/c10-8-4-3-7(13-8)9(11)6-2-1-5-12-6/h1-5,9,11H/t9-/m0/s1. The summed E-state index contributed by atoms with van der Waals surface area (Å²) in [5.41, 5.74) is 0. The van der Waals surface area contributed by atoms with Crippen molar-refractivity contribution in [3.63, 3.8) is 0 Å². The average molecular weight is 215 g/mol. The van der Waals surface area contributed by atoms with Crippen molar-refractivity contribution in [2.24, 2.45) is 0 Å². The van der Waals surface area contributed by atoms with E-state index in [-0.39, 0.29) is 0 Å². The Bertz CT molecular complexity index is 380. The first-order valence-corrected chi connectivity index (χ1v) is 4.93. The van der Waals surface area contributed by atoms with Gasteiger partial charge in [-0.15, -0.1) is 11.3 Å². The lowest BCUT2D eigenvalue weighted by Gasteiger charge is -2.02. The van der Waals surface area contributed by atoms with E-state index in [2.05, 4.69) is 0 Å². The SMILES string of the molecule is O[C@@H](c1ccco1)c1ccc(Cl)s1. The molecule has 68 valence electrons. The quantitative estimate of drug-likeness (QED) is 0.834. The Morgan fingerprint density at radius 2 is 2.23 bits per heavy atom. The van der Waals surface area contributed by atoms with Crippen LogP contribution in [0.3, 0.4) is 0 Å². The molecule has 1 atom stereocenters. The van der Waals surface area contributed by atoms with Gasteiger partial charge in [0.25, 0.3) is 0 Å². The molecule has 0 aliphatic carbocycles. The monoisotopic (exact) mass is 214 g/mol. The number of rotatable bonds is 2. The highest BCUT2D eigenvalue weighted by atomic mass is 35.5. The zero-order valence-corrected chi connectivity index (χ0v) is 8.18. The summed E-state index contributed by atoms with van der Waals surface area (Å²) in [6, 6.07) is 7.03. The fourth-order valence-electron chi connectivity index (χ4n) is 1.06. The van der Waals surface area contributed by atoms with Gasteiger partial charge < -0.3 is 9.52 Å². The van der Waals surface area contributed by atoms with Crippen molar-refractivity contribution < 1.29 is 9.52 Å². The van der Waals surface area contributed by atoms with Crippen molar-refractivity contribution in [3.05, 3.63) is 45.5 Å². The maximum atomic E-state index is 9.75. The first-order chi connectivity index (χ1) is 6.27. The van der Waals surface area contributed by atoms with Gasteiger partial charge in [-0.2, -0.15) is 0 Å². The average Bonchev–Trinajstić information content (AvgIpc) is 2.72. The summed E-state index contributed by atoms with van der Waals surface area (Å²) in [5, 5.41) is 9.75. The van der Waals surface area contributed by atoms with Gasteiger partial charge in [0, 0.05) is 4.88 Å². The van der Waals surface area contributed by atoms with Gasteiger partial charge in [-0.3, -0.25) is 0 Å². The Kier molecular flexibility index (Phi) is 2.40. The summed E-state index contributed by atoms with van der Waals surface area (Å²) in [4.78, 5) is 0.792. The molecular weight excluding hydrogens is 208 g/mol. The van der Waals surface area contributed by atoms with Gasteiger partial charge in [0.15, 0.2) is 0 Å². The summed E-state index contributed by atoms with van der Waals surface area (Å²) in [5.74, 6) is 0.540. The number of hydrogen-bond acceptors (Lipinski definition) is 3. The molecular formula is C9H7ClO2S. The van der Waals surface area contributed by atoms with Crippen LogP contribution in [0.5, 0.6) is 0 Å². The minimum Gasteiger partial charge on any atom is -0.466 e. The molecule has 0 radical (unpaired) electrons. The topological polar surface area (TPSA) is 33.4 Å². The molecule has 2 heterocycles. The second-order valence-corrected chi connectivity index (χ2v) is 4.31. The van der Waals surface area contributed by atoms with Crippen molar-refractivity contribution >= 4 is 22.9 Å². The van der Waals surface area contributed by atoms with Crippen LogP contribution in [0.4, 0.5) is 0 Å². The number of hydrogen-bond donors (Lipinski definition) is 1. The molecule has 0 unspecified atom stereocenters. The van der Waals surface area contributed by atoms with E-state index in [1.165, 1.54) is 17.6 Å². The molecule has 1 N–H and O–H groups in total. The van der Waals surface area contributed by atoms with Crippen LogP contribution in [0.25, 0.3) is 0 Å². The van der Waals surface area contributed by atoms with Gasteiger partial charge in [0.2, 0.25) is 0 Å². The molecule has 4 heteroatoms. The van der Waals surface area contributed by atoms with E-state index in [0.717, 1.165) is 4.88 Å². The molecule has 0 saturated carbocycles. The molecule has 0 saturated heterocycles. The summed E-state index contributed by atoms with van der Waals surface area (Å²) >= 11 is 7.09. The zero-order chi connectivity index (χ0) is 9.26. The molecule has 0 amide bonds. The van der Waals surface area contributed by atoms with Crippen LogP contribution in [0.15, 0.2) is 34.9 Å². The summed E-state index contributed by atoms with van der Waals surface area (Å²) in [6.45, 7) is 0. The molecule has 0 spiro atoms. The van der Waals surface area contributed by atoms with Gasteiger partial charge in [-0.05, 0) is 24.3 Å². The number of thiophene rings is 1. The number of furan rings is 1. The number of aliphatic hydroxyl groups is 1. The molecule has 0 aromatic carbocycles. The molecule has 0 aliphatic rings. The van der Waals surface area contributed by atoms with Crippen molar-refractivity contribution in [3.8, 4) is 0 Å². The Morgan fingerprint density at radius 3 is 2.77 bits per heavy atom. The van der Waals surface area contributed by atoms with E-state index in [4.69, 9.17) is 16.0 Å². The van der Waals surface area contributed by atoms with E-state index >= 15 is 0 Å². The Balaban J connectivity index is 2.28. The predicted molar refractivity (Wildman–Crippen MR) is 52.1 cm³/mol. The van der Waals surface area contributed by atoms with Crippen molar-refractivity contribution in [1.29, 1.82) is 0 Å². The largest absolute Gasteiger partial charge is 0.466 e. The van der Waals surface area contributed by atoms with Crippen LogP contribution in [-0.4, -0.2) is 5.11 Å². The summed E-state index contributed by atoms with van der Waals surface area (Å²) in [7, 11) is 0. The van der Waals surface area contributed by atoms with Crippen molar-refractivity contribution in [1.82, 2.24) is 0 Å². The van der Waals surface area contributed by atoms with E-state index in [9.17, 15) is 5.11 Å². The highest BCUT2D eigenvalue weighted by molar-refractivity contribution is 7.16. The number of aliphatic hydroxyl groups excluding tert-OH is 1. The Hall–Kier alpha value is -0.770. The lowest BCUT2D eigenvalue weighted by molar-refractivity contribution is 0.193. The fourth-order valence-corrected chi connectivity index (χ4v) is 2.12. The minimum absolute atomic E-state index is 0.540. The summed E-state index contributed by atoms with van der Waals surface area (Å²) in [6.07, 6.45) is 0.834. The van der Waals surface area contributed by atoms with Crippen LogP contribution in [0.2, 0.25) is 4.34 Å². The van der Waals surface area contributed by atoms with Gasteiger partial charge >= 0.3 is 0 Å². The molecule has 0 bridgehead atoms. The number of halogens is 1. The van der Waals surface area contributed by atoms with E-state index in [1.54, 1.807) is 24.3 Å². The van der Waals surface area contributed by atoms with E-state index < -0.39 is 6.10 Å². The summed E-state index contributed by atoms with van der Waals surface area (Å²) < 4.78 is 5.74. The molecule has 2 nitrogen and oxygen atoms in total. The minimum atomic E-state index is -0.701. The fraction of sp³-hybridized carbons (Fsp3) is 0.111. The first-order valence-electron chi connectivity index (χ1n) is 3.74. The Labute approximate surface area is 84.4 Å². The van der Waals surface area contributed by atoms with Gasteiger partial charge in [-0.25, -0.2) is 0 Å². The predicted octanol–water partition coefficient (Wildman–Crippen LogP) is 3.08. The maximum Gasteiger partial charge on any atom is 0.146 e. The third-order valence-electron chi connectivity index (χ3n) is 1.68. The van der Waals surface area contributed by atoms with Gasteiger partial charge in [0.1, 0.15) is 11.9 Å². The molecule has 2 aromatic heterocycles. The third kappa shape index (κ3) is 1.77. The Morgan fingerprint density at radius 1 is 1.38 bits per heavy atom. The van der Waals surface area contributed by atoms with E-state index in [1.807, 2.05) is 0 Å². The maximum absolute atomic E-state index is 9.75. The van der Waals surface area contributed by atoms with Crippen molar-refractivity contribution in [2.75, 3.05) is 0 Å². The zero-order valence-electron chi connectivity index (χ0n) is 6.61. The van der Waals surface area contributed by atoms with Crippen LogP contribution in [0, 0.1) is 0 Å². The molecule has 2 aromatic rings. The van der Waals surface area contributed by atoms with E-state index in [0.29, 0.717) is 10.1 Å². The van der Waals surface area contributed by atoms with Crippen molar-refractivity contribution in [2.45, 2.75) is 6.10 Å². The smallest absolute Gasteiger partial charge is 0.146 e. The molecule has 0 aliphatic heterocycles. The van der Waals surface area contributed by atoms with Crippen LogP contribution in [0.1, 0.15) is 16.7 Å². The second kappa shape index (κ2) is 3.54.